The van der Waals surface area contributed by atoms with Gasteiger partial charge in [0, 0.05) is 16.1 Å². The van der Waals surface area contributed by atoms with Crippen molar-refractivity contribution >= 4 is 29.5 Å². The normalized spacial score (nSPS) is 11.5. The van der Waals surface area contributed by atoms with Gasteiger partial charge in [0.05, 0.1) is 17.7 Å². The molecule has 8 nitrogen and oxygen atoms in total. The van der Waals surface area contributed by atoms with Crippen LogP contribution in [0.1, 0.15) is 27.8 Å². The molecule has 4 rings (SSSR count). The van der Waals surface area contributed by atoms with E-state index in [1.807, 2.05) is 0 Å². The summed E-state index contributed by atoms with van der Waals surface area (Å²) in [5, 5.41) is 20.0. The van der Waals surface area contributed by atoms with Crippen molar-refractivity contribution in [2.45, 2.75) is 12.5 Å². The van der Waals surface area contributed by atoms with Gasteiger partial charge in [-0.25, -0.2) is 19.6 Å². The van der Waals surface area contributed by atoms with Crippen LogP contribution < -0.4 is 0 Å². The van der Waals surface area contributed by atoms with Crippen LogP contribution in [0.5, 0.6) is 0 Å². The fourth-order valence-corrected chi connectivity index (χ4v) is 3.83. The molecule has 1 unspecified atom stereocenters. The smallest absolute Gasteiger partial charge is 0.351 e. The minimum Gasteiger partial charge on any atom is -0.481 e. The second kappa shape index (κ2) is 10.8. The monoisotopic (exact) mass is 502 g/mol. The second-order valence-electron chi connectivity index (χ2n) is 7.69. The molecule has 3 aromatic carbocycles. The molecular formula is C27H19ClN2O6. The third kappa shape index (κ3) is 5.56. The van der Waals surface area contributed by atoms with Gasteiger partial charge in [0.25, 0.3) is 0 Å². The number of carboxylic acid groups (broad SMARTS) is 2. The van der Waals surface area contributed by atoms with E-state index in [0.29, 0.717) is 16.1 Å². The zero-order chi connectivity index (χ0) is 25.7. The average Bonchev–Trinajstić information content (AvgIpc) is 2.87. The Kier molecular flexibility index (Phi) is 7.36. The van der Waals surface area contributed by atoms with Gasteiger partial charge >= 0.3 is 17.9 Å². The lowest BCUT2D eigenvalue weighted by molar-refractivity contribution is -0.147. The molecular weight excluding hydrogens is 484 g/mol. The highest BCUT2D eigenvalue weighted by molar-refractivity contribution is 6.30. The standard InChI is InChI=1S/C27H19ClN2O6/c28-19-13-7-12-18(14-19)22-20(15-21(31)32)29-25(16-8-3-1-4-9-16)30-23(22)24(26(33)34)36-27(35)17-10-5-2-6-11-17/h1-14,24H,15H2,(H,31,32)(H,33,34). The molecule has 0 amide bonds. The fourth-order valence-electron chi connectivity index (χ4n) is 3.63. The van der Waals surface area contributed by atoms with Crippen molar-refractivity contribution in [2.24, 2.45) is 0 Å². The molecule has 0 bridgehead atoms. The van der Waals surface area contributed by atoms with Crippen LogP contribution in [0.15, 0.2) is 84.9 Å². The fraction of sp³-hybridized carbons (Fsp3) is 0.0741. The van der Waals surface area contributed by atoms with Gasteiger partial charge in [-0.1, -0.05) is 72.3 Å². The number of halogens is 1. The van der Waals surface area contributed by atoms with Crippen LogP contribution in [0.2, 0.25) is 5.02 Å². The maximum absolute atomic E-state index is 12.8. The maximum Gasteiger partial charge on any atom is 0.351 e. The second-order valence-corrected chi connectivity index (χ2v) is 8.13. The summed E-state index contributed by atoms with van der Waals surface area (Å²) in [7, 11) is 0. The van der Waals surface area contributed by atoms with Gasteiger partial charge in [-0.2, -0.15) is 0 Å². The van der Waals surface area contributed by atoms with E-state index in [2.05, 4.69) is 9.97 Å². The lowest BCUT2D eigenvalue weighted by Gasteiger charge is -2.20. The Bertz CT molecular complexity index is 1430. The van der Waals surface area contributed by atoms with Crippen molar-refractivity contribution in [3.05, 3.63) is 107 Å². The van der Waals surface area contributed by atoms with Gasteiger partial charge in [-0.05, 0) is 29.8 Å². The van der Waals surface area contributed by atoms with Gasteiger partial charge < -0.3 is 14.9 Å². The summed E-state index contributed by atoms with van der Waals surface area (Å²) in [6.45, 7) is 0. The zero-order valence-corrected chi connectivity index (χ0v) is 19.4. The lowest BCUT2D eigenvalue weighted by atomic mass is 9.96. The van der Waals surface area contributed by atoms with E-state index in [0.717, 1.165) is 0 Å². The summed E-state index contributed by atoms with van der Waals surface area (Å²) in [6, 6.07) is 23.0. The molecule has 9 heteroatoms. The van der Waals surface area contributed by atoms with Crippen molar-refractivity contribution in [3.63, 3.8) is 0 Å². The number of benzene rings is 3. The van der Waals surface area contributed by atoms with Crippen LogP contribution >= 0.6 is 11.6 Å². The molecule has 2 N–H and O–H groups in total. The quantitative estimate of drug-likeness (QED) is 0.319. The molecule has 0 fully saturated rings. The Labute approximate surface area is 210 Å². The molecule has 4 aromatic rings. The SMILES string of the molecule is O=C(O)Cc1nc(-c2ccccc2)nc(C(OC(=O)c2ccccc2)C(=O)O)c1-c1cccc(Cl)c1. The molecule has 0 aliphatic heterocycles. The van der Waals surface area contributed by atoms with Crippen LogP contribution in [0.25, 0.3) is 22.5 Å². The first-order valence-electron chi connectivity index (χ1n) is 10.8. The number of aliphatic carboxylic acids is 2. The lowest BCUT2D eigenvalue weighted by Crippen LogP contribution is -2.23. The predicted octanol–water partition coefficient (Wildman–Crippen LogP) is 5.07. The Morgan fingerprint density at radius 2 is 1.47 bits per heavy atom. The number of carboxylic acids is 2. The summed E-state index contributed by atoms with van der Waals surface area (Å²) >= 11 is 6.18. The van der Waals surface area contributed by atoms with E-state index in [1.54, 1.807) is 66.7 Å². The Morgan fingerprint density at radius 3 is 2.08 bits per heavy atom. The van der Waals surface area contributed by atoms with E-state index in [9.17, 15) is 24.6 Å². The van der Waals surface area contributed by atoms with Gasteiger partial charge in [-0.15, -0.1) is 0 Å². The van der Waals surface area contributed by atoms with Gasteiger partial charge in [0.1, 0.15) is 5.69 Å². The summed E-state index contributed by atoms with van der Waals surface area (Å²) in [5.41, 5.74) is 1.07. The maximum atomic E-state index is 12.8. The van der Waals surface area contributed by atoms with E-state index in [4.69, 9.17) is 16.3 Å². The van der Waals surface area contributed by atoms with E-state index >= 15 is 0 Å². The third-order valence-electron chi connectivity index (χ3n) is 5.18. The van der Waals surface area contributed by atoms with E-state index in [-0.39, 0.29) is 28.3 Å². The van der Waals surface area contributed by atoms with E-state index in [1.165, 1.54) is 18.2 Å². The Hall–Kier alpha value is -4.56. The van der Waals surface area contributed by atoms with Crippen molar-refractivity contribution in [1.82, 2.24) is 9.97 Å². The molecule has 180 valence electrons. The van der Waals surface area contributed by atoms with Crippen molar-refractivity contribution in [3.8, 4) is 22.5 Å². The number of hydrogen-bond donors (Lipinski definition) is 2. The molecule has 0 spiro atoms. The van der Waals surface area contributed by atoms with Crippen LogP contribution in [0, 0.1) is 0 Å². The number of aromatic nitrogens is 2. The highest BCUT2D eigenvalue weighted by Gasteiger charge is 2.33. The van der Waals surface area contributed by atoms with Crippen molar-refractivity contribution < 1.29 is 29.3 Å². The van der Waals surface area contributed by atoms with Crippen LogP contribution in [0.3, 0.4) is 0 Å². The number of nitrogens with zero attached hydrogens (tertiary/aromatic N) is 2. The van der Waals surface area contributed by atoms with Crippen LogP contribution in [-0.4, -0.2) is 38.1 Å². The zero-order valence-electron chi connectivity index (χ0n) is 18.7. The van der Waals surface area contributed by atoms with E-state index < -0.39 is 30.4 Å². The minimum absolute atomic E-state index is 0.0515. The number of rotatable bonds is 8. The molecule has 36 heavy (non-hydrogen) atoms. The Balaban J connectivity index is 1.97. The summed E-state index contributed by atoms with van der Waals surface area (Å²) in [6.07, 6.45) is -2.39. The number of carbonyl (C=O) groups is 3. The van der Waals surface area contributed by atoms with Gasteiger partial charge in [0.2, 0.25) is 6.10 Å². The topological polar surface area (TPSA) is 127 Å². The first-order valence-corrected chi connectivity index (χ1v) is 11.1. The molecule has 0 saturated heterocycles. The highest BCUT2D eigenvalue weighted by Crippen LogP contribution is 2.35. The molecule has 0 aliphatic rings. The Morgan fingerprint density at radius 1 is 0.833 bits per heavy atom. The summed E-state index contributed by atoms with van der Waals surface area (Å²) in [4.78, 5) is 45.9. The summed E-state index contributed by atoms with van der Waals surface area (Å²) in [5.74, 6) is -3.45. The number of ether oxygens (including phenoxy) is 1. The third-order valence-corrected chi connectivity index (χ3v) is 5.42. The van der Waals surface area contributed by atoms with Crippen LogP contribution in [-0.2, 0) is 20.7 Å². The van der Waals surface area contributed by atoms with Crippen molar-refractivity contribution in [2.75, 3.05) is 0 Å². The minimum atomic E-state index is -1.86. The van der Waals surface area contributed by atoms with Gasteiger partial charge in [0.15, 0.2) is 5.82 Å². The molecule has 1 heterocycles. The van der Waals surface area contributed by atoms with Crippen LogP contribution in [0.4, 0.5) is 0 Å². The predicted molar refractivity (Wildman–Crippen MR) is 131 cm³/mol. The molecule has 1 aromatic heterocycles. The molecule has 0 radical (unpaired) electrons. The molecule has 1 atom stereocenters. The van der Waals surface area contributed by atoms with Gasteiger partial charge in [-0.3, -0.25) is 4.79 Å². The number of carbonyl (C=O) groups excluding carboxylic acids is 1. The number of esters is 1. The number of hydrogen-bond acceptors (Lipinski definition) is 6. The molecule has 0 aliphatic carbocycles. The van der Waals surface area contributed by atoms with Crippen molar-refractivity contribution in [1.29, 1.82) is 0 Å². The first-order chi connectivity index (χ1) is 17.3. The first kappa shape index (κ1) is 24.6. The summed E-state index contributed by atoms with van der Waals surface area (Å²) < 4.78 is 5.42. The average molecular weight is 503 g/mol. The highest BCUT2D eigenvalue weighted by atomic mass is 35.5. The molecule has 0 saturated carbocycles. The largest absolute Gasteiger partial charge is 0.481 e.